The Balaban J connectivity index is 5.13. The highest BCUT2D eigenvalue weighted by atomic mass is 31.2. The molecule has 0 fully saturated rings. The van der Waals surface area contributed by atoms with Crippen molar-refractivity contribution in [2.45, 2.75) is 407 Å². The molecule has 0 aromatic rings. The number of esters is 4. The van der Waals surface area contributed by atoms with Gasteiger partial charge in [-0.3, -0.25) is 37.3 Å². The van der Waals surface area contributed by atoms with E-state index in [1.807, 2.05) is 0 Å². The number of carbonyl (C=O) groups excluding carboxylic acids is 4. The lowest BCUT2D eigenvalue weighted by Gasteiger charge is -2.21. The largest absolute Gasteiger partial charge is 0.472 e. The summed E-state index contributed by atoms with van der Waals surface area (Å²) in [7, 11) is -9.90. The maximum Gasteiger partial charge on any atom is 0.472 e. The monoisotopic (exact) mass is 1400 g/mol. The van der Waals surface area contributed by atoms with Gasteiger partial charge < -0.3 is 33.8 Å². The minimum Gasteiger partial charge on any atom is -0.462 e. The second-order valence-corrected chi connectivity index (χ2v) is 31.7. The van der Waals surface area contributed by atoms with Gasteiger partial charge in [0.15, 0.2) is 12.2 Å². The molecule has 17 nitrogen and oxygen atoms in total. The summed E-state index contributed by atoms with van der Waals surface area (Å²) in [6, 6.07) is 0. The molecule has 0 aromatic heterocycles. The molecule has 95 heavy (non-hydrogen) atoms. The topological polar surface area (TPSA) is 237 Å². The number of aliphatic hydroxyl groups excluding tert-OH is 1. The third-order valence-electron chi connectivity index (χ3n) is 17.6. The van der Waals surface area contributed by atoms with E-state index in [2.05, 4.69) is 48.5 Å². The van der Waals surface area contributed by atoms with Crippen molar-refractivity contribution in [2.24, 2.45) is 17.8 Å². The van der Waals surface area contributed by atoms with Crippen LogP contribution < -0.4 is 0 Å². The van der Waals surface area contributed by atoms with Crippen molar-refractivity contribution in [3.05, 3.63) is 0 Å². The van der Waals surface area contributed by atoms with Crippen LogP contribution in [-0.4, -0.2) is 96.7 Å². The molecule has 564 valence electrons. The molecule has 0 radical (unpaired) electrons. The Labute approximate surface area is 581 Å². The lowest BCUT2D eigenvalue weighted by atomic mass is 10.0. The number of phosphoric acid groups is 2. The zero-order valence-corrected chi connectivity index (χ0v) is 63.9. The number of hydrogen-bond donors (Lipinski definition) is 3. The van der Waals surface area contributed by atoms with E-state index in [4.69, 9.17) is 37.0 Å². The molecule has 0 aliphatic carbocycles. The predicted molar refractivity (Wildman–Crippen MR) is 386 cm³/mol. The first-order chi connectivity index (χ1) is 45.7. The first-order valence-corrected chi connectivity index (χ1v) is 42.3. The van der Waals surface area contributed by atoms with Crippen molar-refractivity contribution < 1.29 is 80.2 Å². The third kappa shape index (κ3) is 70.3. The molecular formula is C76H148O17P2. The van der Waals surface area contributed by atoms with Gasteiger partial charge >= 0.3 is 39.5 Å². The summed E-state index contributed by atoms with van der Waals surface area (Å²) in [4.78, 5) is 72.5. The highest BCUT2D eigenvalue weighted by Crippen LogP contribution is 2.45. The van der Waals surface area contributed by atoms with Gasteiger partial charge in [-0.2, -0.15) is 0 Å². The van der Waals surface area contributed by atoms with Gasteiger partial charge in [0, 0.05) is 25.7 Å². The van der Waals surface area contributed by atoms with Crippen molar-refractivity contribution in [1.82, 2.24) is 0 Å². The van der Waals surface area contributed by atoms with Gasteiger partial charge in [-0.05, 0) is 43.4 Å². The van der Waals surface area contributed by atoms with Crippen LogP contribution in [0.4, 0.5) is 0 Å². The lowest BCUT2D eigenvalue weighted by molar-refractivity contribution is -0.161. The Morgan fingerprint density at radius 3 is 0.716 bits per heavy atom. The van der Waals surface area contributed by atoms with Gasteiger partial charge in [0.2, 0.25) is 0 Å². The summed E-state index contributed by atoms with van der Waals surface area (Å²) in [5.41, 5.74) is 0. The summed E-state index contributed by atoms with van der Waals surface area (Å²) in [6.45, 7) is 11.8. The minimum absolute atomic E-state index is 0.104. The number of phosphoric ester groups is 2. The molecule has 0 rings (SSSR count). The van der Waals surface area contributed by atoms with Crippen molar-refractivity contribution in [2.75, 3.05) is 39.6 Å². The number of aliphatic hydroxyl groups is 1. The van der Waals surface area contributed by atoms with Crippen molar-refractivity contribution >= 4 is 39.5 Å². The number of ether oxygens (including phenoxy) is 4. The van der Waals surface area contributed by atoms with Gasteiger partial charge in [0.1, 0.15) is 19.3 Å². The normalized spacial score (nSPS) is 14.1. The van der Waals surface area contributed by atoms with E-state index in [0.29, 0.717) is 25.7 Å². The fourth-order valence-electron chi connectivity index (χ4n) is 11.6. The van der Waals surface area contributed by atoms with Crippen molar-refractivity contribution in [1.29, 1.82) is 0 Å². The molecule has 0 aromatic carbocycles. The van der Waals surface area contributed by atoms with Crippen LogP contribution in [0, 0.1) is 17.8 Å². The average molecular weight is 1400 g/mol. The van der Waals surface area contributed by atoms with Crippen LogP contribution in [0.5, 0.6) is 0 Å². The Morgan fingerprint density at radius 1 is 0.284 bits per heavy atom. The van der Waals surface area contributed by atoms with E-state index in [9.17, 15) is 43.2 Å². The fraction of sp³-hybridized carbons (Fsp3) is 0.947. The number of unbranched alkanes of at least 4 members (excludes halogenated alkanes) is 42. The van der Waals surface area contributed by atoms with Crippen LogP contribution in [0.2, 0.25) is 0 Å². The van der Waals surface area contributed by atoms with E-state index in [0.717, 1.165) is 114 Å². The zero-order valence-electron chi connectivity index (χ0n) is 62.1. The van der Waals surface area contributed by atoms with Gasteiger partial charge in [-0.15, -0.1) is 0 Å². The molecule has 19 heteroatoms. The summed E-state index contributed by atoms with van der Waals surface area (Å²) < 4.78 is 68.3. The van der Waals surface area contributed by atoms with Crippen LogP contribution >= 0.6 is 15.6 Å². The molecule has 0 heterocycles. The summed E-state index contributed by atoms with van der Waals surface area (Å²) in [6.07, 6.45) is 53.2. The standard InChI is InChI=1S/C76H148O17P2/c1-8-9-10-40-50-57-73(78)86-63-71(92-76(81)60-53-46-39-33-27-30-36-43-49-56-69(6)7)65-90-94(82,83)88-61-70(77)62-89-95(84,85)91-66-72(93-75(80)59-52-45-38-32-26-22-18-14-12-16-20-24-29-35-42-48-55-68(4)5)64-87-74(79)58-51-44-37-31-25-21-17-13-11-15-19-23-28-34-41-47-54-67(2)3/h67-72,77H,8-66H2,1-7H3,(H,82,83)(H,84,85)/t70-,71+,72+/m0/s1. The zero-order chi connectivity index (χ0) is 70.1. The van der Waals surface area contributed by atoms with E-state index in [-0.39, 0.29) is 25.7 Å². The number of hydrogen-bond acceptors (Lipinski definition) is 15. The van der Waals surface area contributed by atoms with Gasteiger partial charge in [0.05, 0.1) is 26.4 Å². The molecule has 0 saturated heterocycles. The molecular weight excluding hydrogens is 1250 g/mol. The molecule has 5 atom stereocenters. The van der Waals surface area contributed by atoms with E-state index in [1.165, 1.54) is 193 Å². The first kappa shape index (κ1) is 93.1. The summed E-state index contributed by atoms with van der Waals surface area (Å²) >= 11 is 0. The van der Waals surface area contributed by atoms with Crippen LogP contribution in [0.25, 0.3) is 0 Å². The minimum atomic E-state index is -4.96. The highest BCUT2D eigenvalue weighted by molar-refractivity contribution is 7.47. The highest BCUT2D eigenvalue weighted by Gasteiger charge is 2.30. The molecule has 0 aliphatic heterocycles. The van der Waals surface area contributed by atoms with Crippen LogP contribution in [0.3, 0.4) is 0 Å². The SMILES string of the molecule is CCCCCCCC(=O)OC[C@H](COP(=O)(O)OC[C@H](O)COP(=O)(O)OC[C@@H](COC(=O)CCCCCCCCCCCCCCCCCCC(C)C)OC(=O)CCCCCCCCCCCCCCCCCCC(C)C)OC(=O)CCCCCCCCCCCC(C)C. The van der Waals surface area contributed by atoms with E-state index in [1.54, 1.807) is 0 Å². The average Bonchev–Trinajstić information content (AvgIpc) is 2.26. The summed E-state index contributed by atoms with van der Waals surface area (Å²) in [5.74, 6) is 0.229. The van der Waals surface area contributed by atoms with Gasteiger partial charge in [-0.1, -0.05) is 337 Å². The second-order valence-electron chi connectivity index (χ2n) is 28.8. The van der Waals surface area contributed by atoms with Gasteiger partial charge in [0.25, 0.3) is 0 Å². The predicted octanol–water partition coefficient (Wildman–Crippen LogP) is 22.2. The Bertz CT molecular complexity index is 1850. The number of carbonyl (C=O) groups is 4. The first-order valence-electron chi connectivity index (χ1n) is 39.3. The lowest BCUT2D eigenvalue weighted by Crippen LogP contribution is -2.30. The molecule has 0 bridgehead atoms. The van der Waals surface area contributed by atoms with Crippen molar-refractivity contribution in [3.63, 3.8) is 0 Å². The van der Waals surface area contributed by atoms with E-state index >= 15 is 0 Å². The van der Waals surface area contributed by atoms with Gasteiger partial charge in [-0.25, -0.2) is 9.13 Å². The van der Waals surface area contributed by atoms with E-state index < -0.39 is 97.5 Å². The fourth-order valence-corrected chi connectivity index (χ4v) is 13.2. The quantitative estimate of drug-likeness (QED) is 0.0222. The summed E-state index contributed by atoms with van der Waals surface area (Å²) in [5, 5.41) is 10.6. The van der Waals surface area contributed by atoms with Crippen molar-refractivity contribution in [3.8, 4) is 0 Å². The maximum absolute atomic E-state index is 13.1. The van der Waals surface area contributed by atoms with Crippen LogP contribution in [-0.2, 0) is 65.4 Å². The third-order valence-corrected chi connectivity index (χ3v) is 19.5. The van der Waals surface area contributed by atoms with Crippen LogP contribution in [0.15, 0.2) is 0 Å². The smallest absolute Gasteiger partial charge is 0.462 e. The molecule has 0 saturated carbocycles. The molecule has 0 amide bonds. The Morgan fingerprint density at radius 2 is 0.484 bits per heavy atom. The molecule has 0 aliphatic rings. The van der Waals surface area contributed by atoms with Crippen LogP contribution in [0.1, 0.15) is 389 Å². The second kappa shape index (κ2) is 66.6. The Hall–Kier alpha value is -1.94. The Kier molecular flexibility index (Phi) is 65.2. The maximum atomic E-state index is 13.1. The number of rotatable bonds is 74. The molecule has 3 N–H and O–H groups in total. The molecule has 0 spiro atoms. The molecule has 2 unspecified atom stereocenters.